The van der Waals surface area contributed by atoms with E-state index >= 15 is 0 Å². The molecule has 0 unspecified atom stereocenters. The molecule has 1 aliphatic rings. The van der Waals surface area contributed by atoms with Gasteiger partial charge in [0, 0.05) is 51.2 Å². The van der Waals surface area contributed by atoms with Crippen LogP contribution in [0.25, 0.3) is 0 Å². The number of rotatable bonds is 42. The monoisotopic (exact) mass is 1490 g/mol. The number of unbranched alkanes of at least 4 members (excludes halogenated alkanes) is 2. The van der Waals surface area contributed by atoms with Gasteiger partial charge in [0.1, 0.15) is 72.5 Å². The Kier molecular flexibility index (Phi) is 41.7. The first-order valence-electron chi connectivity index (χ1n) is 36.0. The van der Waals surface area contributed by atoms with E-state index in [1.165, 1.54) is 26.4 Å². The number of hydrogen-bond acceptors (Lipinski definition) is 19. The fourth-order valence-electron chi connectivity index (χ4n) is 11.0. The smallest absolute Gasteiger partial charge is 0.303 e. The molecular formula is C67H115N21O17. The predicted octanol–water partition coefficient (Wildman–Crippen LogP) is -4.37. The lowest BCUT2D eigenvalue weighted by molar-refractivity contribution is -0.139. The minimum Gasteiger partial charge on any atom is -0.481 e. The van der Waals surface area contributed by atoms with Gasteiger partial charge >= 0.3 is 5.97 Å². The Labute approximate surface area is 611 Å². The molecule has 2 rings (SSSR count). The van der Waals surface area contributed by atoms with E-state index in [-0.39, 0.29) is 114 Å². The molecule has 0 spiro atoms. The van der Waals surface area contributed by atoms with Crippen LogP contribution >= 0.6 is 0 Å². The number of nitrogens with two attached hydrogens (primary N) is 5. The fraction of sp³-hybridized carbons (Fsp3) is 0.701. The Morgan fingerprint density at radius 2 is 1.16 bits per heavy atom. The second-order valence-corrected chi connectivity index (χ2v) is 26.9. The van der Waals surface area contributed by atoms with Gasteiger partial charge in [-0.1, -0.05) is 74.1 Å². The summed E-state index contributed by atoms with van der Waals surface area (Å²) >= 11 is 0. The zero-order valence-electron chi connectivity index (χ0n) is 61.8. The molecule has 15 amide bonds. The van der Waals surface area contributed by atoms with Crippen molar-refractivity contribution in [2.24, 2.45) is 51.4 Å². The zero-order chi connectivity index (χ0) is 79.0. The highest BCUT2D eigenvalue weighted by molar-refractivity contribution is 6.00. The van der Waals surface area contributed by atoms with Crippen molar-refractivity contribution in [2.75, 3.05) is 19.6 Å². The van der Waals surface area contributed by atoms with Gasteiger partial charge < -0.3 is 108 Å². The Morgan fingerprint density at radius 1 is 0.619 bits per heavy atom. The molecule has 0 bridgehead atoms. The van der Waals surface area contributed by atoms with E-state index in [1.54, 1.807) is 41.5 Å². The molecule has 38 heteroatoms. The third kappa shape index (κ3) is 34.9. The Balaban J connectivity index is 2.60. The molecule has 0 saturated carbocycles. The number of nitrogens with one attached hydrogen (secondary N) is 14. The third-order valence-corrected chi connectivity index (χ3v) is 17.5. The predicted molar refractivity (Wildman–Crippen MR) is 383 cm³/mol. The summed E-state index contributed by atoms with van der Waals surface area (Å²) in [7, 11) is 0. The number of carbonyl (C=O) groups is 16. The lowest BCUT2D eigenvalue weighted by Crippen LogP contribution is -2.61. The number of carbonyl (C=O) groups excluding carboxylic acids is 15. The van der Waals surface area contributed by atoms with Crippen LogP contribution in [-0.4, -0.2) is 208 Å². The number of carboxylic acids is 1. The van der Waals surface area contributed by atoms with Gasteiger partial charge in [-0.25, -0.2) is 4.98 Å². The first-order chi connectivity index (χ1) is 49.5. The Bertz CT molecular complexity index is 3110. The summed E-state index contributed by atoms with van der Waals surface area (Å²) in [5, 5.41) is 43.4. The van der Waals surface area contributed by atoms with Crippen molar-refractivity contribution >= 4 is 101 Å². The molecule has 0 aliphatic carbocycles. The average Bonchev–Trinajstić information content (AvgIpc) is 1.66. The number of aromatic amines is 1. The molecule has 590 valence electrons. The number of guanidine groups is 1. The molecule has 1 saturated heterocycles. The number of carboxylic acid groups (broad SMARTS) is 1. The van der Waals surface area contributed by atoms with Crippen molar-refractivity contribution in [3.63, 3.8) is 0 Å². The highest BCUT2D eigenvalue weighted by Crippen LogP contribution is 2.16. The molecule has 0 radical (unpaired) electrons. The van der Waals surface area contributed by atoms with Crippen LogP contribution in [0, 0.1) is 17.8 Å². The van der Waals surface area contributed by atoms with Gasteiger partial charge in [0.2, 0.25) is 88.6 Å². The molecule has 1 aromatic rings. The van der Waals surface area contributed by atoms with Gasteiger partial charge in [0.05, 0.1) is 12.7 Å². The number of aliphatic imine (C=N–C) groups is 1. The van der Waals surface area contributed by atoms with Crippen molar-refractivity contribution in [2.45, 2.75) is 263 Å². The number of hydrogen-bond donors (Lipinski definition) is 20. The maximum absolute atomic E-state index is 14.7. The number of H-pyrrole nitrogens is 1. The van der Waals surface area contributed by atoms with E-state index in [0.29, 0.717) is 37.8 Å². The highest BCUT2D eigenvalue weighted by atomic mass is 16.4. The van der Waals surface area contributed by atoms with E-state index < -0.39 is 192 Å². The van der Waals surface area contributed by atoms with E-state index in [4.69, 9.17) is 28.7 Å². The summed E-state index contributed by atoms with van der Waals surface area (Å²) in [6.45, 7) is 14.9. The van der Waals surface area contributed by atoms with Gasteiger partial charge in [0.15, 0.2) is 5.96 Å². The molecule has 25 N–H and O–H groups in total. The average molecular weight is 1490 g/mol. The number of imidazole rings is 1. The van der Waals surface area contributed by atoms with Crippen LogP contribution in [-0.2, 0) is 83.1 Å². The van der Waals surface area contributed by atoms with E-state index in [2.05, 4.69) is 84.1 Å². The van der Waals surface area contributed by atoms with E-state index in [9.17, 15) is 81.8 Å². The van der Waals surface area contributed by atoms with E-state index in [1.807, 2.05) is 6.92 Å². The number of nitrogens with zero attached hydrogens (tertiary/aromatic N) is 2. The van der Waals surface area contributed by atoms with Crippen molar-refractivity contribution in [3.05, 3.63) is 18.2 Å². The number of aromatic nitrogens is 2. The minimum absolute atomic E-state index is 0.00212. The first-order valence-corrected chi connectivity index (χ1v) is 36.0. The molecule has 1 aliphatic heterocycles. The van der Waals surface area contributed by atoms with Crippen molar-refractivity contribution in [1.82, 2.24) is 79.1 Å². The van der Waals surface area contributed by atoms with Crippen molar-refractivity contribution in [3.8, 4) is 0 Å². The minimum atomic E-state index is -1.85. The quantitative estimate of drug-likeness (QED) is 0.0167. The maximum atomic E-state index is 14.7. The summed E-state index contributed by atoms with van der Waals surface area (Å²) < 4.78 is 0. The second-order valence-electron chi connectivity index (χ2n) is 26.9. The third-order valence-electron chi connectivity index (χ3n) is 17.5. The summed E-state index contributed by atoms with van der Waals surface area (Å²) in [6.07, 6.45) is 2.23. The Hall–Kier alpha value is -10.0. The summed E-state index contributed by atoms with van der Waals surface area (Å²) in [5.74, 6) is -15.9. The van der Waals surface area contributed by atoms with Gasteiger partial charge in [-0.05, 0) is 108 Å². The number of amides is 15. The molecule has 14 atom stereocenters. The summed E-state index contributed by atoms with van der Waals surface area (Å²) in [6, 6.07) is -17.1. The van der Waals surface area contributed by atoms with Crippen LogP contribution in [0.5, 0.6) is 0 Å². The molecule has 1 aromatic heterocycles. The van der Waals surface area contributed by atoms with Crippen LogP contribution in [0.1, 0.15) is 190 Å². The highest BCUT2D eigenvalue weighted by Gasteiger charge is 2.39. The SMILES string of the molecule is CCCC[C@H](NC(=O)[C@H](CC(C)C)NC(=O)[C@H](CCCCN)NC(=O)[C@H](CCCN=C(N)N)NC(=O)[C@H](CC(N)=O)NC(=O)[C@@H]1CCCCNC(=O)CC[C@H](NC(C)=O)C(=O)N[C@@H](C)C(=O)N[C@@H](Cc2cnc[nH]2)C(=O)N1)C(=O)N[C@@H](CCC(=O)O)C(=O)N[C@H](C(=O)N[C@H](C(N)=O)[C@@H](C)CC)[C@@H](C)CC. The topological polar surface area (TPSA) is 621 Å². The molecule has 105 heavy (non-hydrogen) atoms. The van der Waals surface area contributed by atoms with Crippen molar-refractivity contribution in [1.29, 1.82) is 0 Å². The van der Waals surface area contributed by atoms with Gasteiger partial charge in [-0.2, -0.15) is 0 Å². The maximum Gasteiger partial charge on any atom is 0.303 e. The van der Waals surface area contributed by atoms with Gasteiger partial charge in [-0.15, -0.1) is 0 Å². The summed E-state index contributed by atoms with van der Waals surface area (Å²) in [4.78, 5) is 229. The van der Waals surface area contributed by atoms with Crippen LogP contribution in [0.4, 0.5) is 0 Å². The normalized spacial score (nSPS) is 19.0. The molecule has 38 nitrogen and oxygen atoms in total. The largest absolute Gasteiger partial charge is 0.481 e. The van der Waals surface area contributed by atoms with Crippen LogP contribution < -0.4 is 97.8 Å². The fourth-order valence-corrected chi connectivity index (χ4v) is 11.0. The zero-order valence-corrected chi connectivity index (χ0v) is 61.8. The van der Waals surface area contributed by atoms with Gasteiger partial charge in [0.25, 0.3) is 0 Å². The number of aliphatic carboxylic acids is 1. The van der Waals surface area contributed by atoms with Gasteiger partial charge in [-0.3, -0.25) is 81.7 Å². The molecular weight excluding hydrogens is 1370 g/mol. The first kappa shape index (κ1) is 91.0. The molecule has 1 fully saturated rings. The van der Waals surface area contributed by atoms with Crippen LogP contribution in [0.3, 0.4) is 0 Å². The Morgan fingerprint density at radius 3 is 1.69 bits per heavy atom. The summed E-state index contributed by atoms with van der Waals surface area (Å²) in [5.41, 5.74) is 28.7. The number of primary amides is 2. The molecule has 2 heterocycles. The van der Waals surface area contributed by atoms with Crippen molar-refractivity contribution < 1.29 is 81.8 Å². The van der Waals surface area contributed by atoms with Crippen LogP contribution in [0.2, 0.25) is 0 Å². The van der Waals surface area contributed by atoms with Crippen LogP contribution in [0.15, 0.2) is 17.5 Å². The standard InChI is InChI=1S/C67H115N21O17/c1-10-13-19-41(58(97)83-46(24-26-52(92)93)62(101)88-54(37(7)12-3)66(105)87-53(55(70)94)36(6)11-2)80-63(102)47(30-35(4)5)85-60(99)42(20-14-16-27-68)79-59(98)44(22-18-29-75-67(71)72)82-65(104)49(32-50(69)90)86-61(100)43-21-15-17-28-74-51(91)25-23-45(78-39(9)89)57(96)77-38(8)56(95)84-48(64(103)81-43)31-40-33-73-34-76-40/h33-38,41-49,53-54H,10-32,68H2,1-9H3,(H2,69,90)(H2,70,94)(H,73,76)(H,74,91)(H,77,96)(H,78,89)(H,79,98)(H,80,102)(H,81,103)(H,82,104)(H,83,97)(H,84,95)(H,85,99)(H,86,100)(H,87,105)(H,88,101)(H,92,93)(H4,71,72,75)/t36-,37-,38-,41-,42-,43-,44-,45-,46-,47-,48-,49-,53-,54-/m0/s1. The lowest BCUT2D eigenvalue weighted by atomic mass is 9.94. The second kappa shape index (κ2) is 48.1. The molecule has 0 aromatic carbocycles. The van der Waals surface area contributed by atoms with E-state index in [0.717, 1.165) is 0 Å². The lowest BCUT2D eigenvalue weighted by Gasteiger charge is -2.30.